The normalized spacial score (nSPS) is 12.9. The van der Waals surface area contributed by atoms with Crippen molar-refractivity contribution in [3.8, 4) is 0 Å². The monoisotopic (exact) mass is 623 g/mol. The van der Waals surface area contributed by atoms with E-state index in [-0.39, 0.29) is 29.1 Å². The van der Waals surface area contributed by atoms with Crippen molar-refractivity contribution in [1.82, 2.24) is 10.2 Å². The molecule has 40 heavy (non-hydrogen) atoms. The first-order chi connectivity index (χ1) is 18.9. The maximum Gasteiger partial charge on any atom is 0.264 e. The Hall–Kier alpha value is -2.78. The number of amides is 2. The lowest BCUT2D eigenvalue weighted by Gasteiger charge is -2.33. The number of hydrogen-bond acceptors (Lipinski definition) is 4. The fourth-order valence-electron chi connectivity index (χ4n) is 3.98. The first-order valence-corrected chi connectivity index (χ1v) is 15.3. The van der Waals surface area contributed by atoms with Crippen molar-refractivity contribution in [1.29, 1.82) is 0 Å². The molecule has 0 radical (unpaired) electrons. The standard InChI is InChI=1S/C29H32Cl3N3O4S/c1-5-19(2)33-29(37)21(4)34(17-22-14-15-23(30)16-26(22)32)28(36)18-35(27-13-9-12-25(31)20(27)3)40(38,39)24-10-7-6-8-11-24/h6-16,19,21H,5,17-18H2,1-4H3,(H,33,37). The highest BCUT2D eigenvalue weighted by Gasteiger charge is 2.33. The van der Waals surface area contributed by atoms with E-state index < -0.39 is 28.5 Å². The minimum absolute atomic E-state index is 0.0111. The molecule has 0 saturated heterocycles. The number of anilines is 1. The van der Waals surface area contributed by atoms with E-state index >= 15 is 0 Å². The van der Waals surface area contributed by atoms with Gasteiger partial charge in [0.05, 0.1) is 10.6 Å². The number of benzene rings is 3. The number of hydrogen-bond donors (Lipinski definition) is 1. The van der Waals surface area contributed by atoms with E-state index in [1.165, 1.54) is 17.0 Å². The van der Waals surface area contributed by atoms with Gasteiger partial charge in [-0.05, 0) is 74.7 Å². The number of halogens is 3. The summed E-state index contributed by atoms with van der Waals surface area (Å²) in [6.45, 7) is 6.46. The molecule has 3 rings (SSSR count). The molecule has 214 valence electrons. The van der Waals surface area contributed by atoms with Crippen LogP contribution in [0.1, 0.15) is 38.3 Å². The van der Waals surface area contributed by atoms with E-state index in [4.69, 9.17) is 34.8 Å². The summed E-state index contributed by atoms with van der Waals surface area (Å²) in [5.74, 6) is -0.971. The summed E-state index contributed by atoms with van der Waals surface area (Å²) in [7, 11) is -4.19. The summed E-state index contributed by atoms with van der Waals surface area (Å²) >= 11 is 18.8. The molecule has 0 spiro atoms. The molecule has 1 N–H and O–H groups in total. The molecule has 11 heteroatoms. The second kappa shape index (κ2) is 13.7. The first kappa shape index (κ1) is 31.7. The molecule has 0 saturated carbocycles. The molecule has 0 bridgehead atoms. The topological polar surface area (TPSA) is 86.8 Å². The van der Waals surface area contributed by atoms with E-state index in [0.717, 1.165) is 4.31 Å². The molecule has 0 heterocycles. The molecule has 0 aromatic heterocycles. The maximum atomic E-state index is 14.0. The van der Waals surface area contributed by atoms with Crippen LogP contribution < -0.4 is 9.62 Å². The van der Waals surface area contributed by atoms with E-state index in [9.17, 15) is 18.0 Å². The molecule has 2 amide bonds. The Labute approximate surface area is 251 Å². The summed E-state index contributed by atoms with van der Waals surface area (Å²) in [5, 5.41) is 3.99. The summed E-state index contributed by atoms with van der Waals surface area (Å²) in [6.07, 6.45) is 0.701. The zero-order valence-electron chi connectivity index (χ0n) is 22.7. The summed E-state index contributed by atoms with van der Waals surface area (Å²) in [4.78, 5) is 28.5. The van der Waals surface area contributed by atoms with Gasteiger partial charge in [0.2, 0.25) is 11.8 Å². The summed E-state index contributed by atoms with van der Waals surface area (Å²) in [5.41, 5.74) is 1.30. The Morgan fingerprint density at radius 3 is 2.23 bits per heavy atom. The average molecular weight is 625 g/mol. The number of carbonyl (C=O) groups excluding carboxylic acids is 2. The fourth-order valence-corrected chi connectivity index (χ4v) is 6.11. The van der Waals surface area contributed by atoms with Gasteiger partial charge in [0, 0.05) is 27.7 Å². The van der Waals surface area contributed by atoms with Crippen molar-refractivity contribution in [3.63, 3.8) is 0 Å². The highest BCUT2D eigenvalue weighted by atomic mass is 35.5. The van der Waals surface area contributed by atoms with Crippen LogP contribution in [0.25, 0.3) is 0 Å². The Morgan fingerprint density at radius 2 is 1.60 bits per heavy atom. The highest BCUT2D eigenvalue weighted by Crippen LogP contribution is 2.31. The molecule has 0 aliphatic rings. The molecule has 0 aliphatic carbocycles. The van der Waals surface area contributed by atoms with Crippen LogP contribution in [0.2, 0.25) is 15.1 Å². The van der Waals surface area contributed by atoms with Crippen LogP contribution in [0.15, 0.2) is 71.6 Å². The Kier molecular flexibility index (Phi) is 10.9. The van der Waals surface area contributed by atoms with Gasteiger partial charge in [-0.2, -0.15) is 0 Å². The third kappa shape index (κ3) is 7.49. The van der Waals surface area contributed by atoms with Crippen LogP contribution in [-0.4, -0.2) is 43.8 Å². The average Bonchev–Trinajstić information content (AvgIpc) is 2.92. The van der Waals surface area contributed by atoms with Crippen molar-refractivity contribution in [2.24, 2.45) is 0 Å². The van der Waals surface area contributed by atoms with Crippen molar-refractivity contribution in [2.75, 3.05) is 10.8 Å². The molecule has 2 atom stereocenters. The SMILES string of the molecule is CCC(C)NC(=O)C(C)N(Cc1ccc(Cl)cc1Cl)C(=O)CN(c1cccc(Cl)c1C)S(=O)(=O)c1ccccc1. The minimum atomic E-state index is -4.19. The predicted octanol–water partition coefficient (Wildman–Crippen LogP) is 6.48. The van der Waals surface area contributed by atoms with Gasteiger partial charge in [-0.1, -0.05) is 72.1 Å². The molecule has 3 aromatic rings. The summed E-state index contributed by atoms with van der Waals surface area (Å²) in [6, 6.07) is 16.5. The molecule has 3 aromatic carbocycles. The van der Waals surface area contributed by atoms with Crippen molar-refractivity contribution >= 4 is 62.3 Å². The molecular formula is C29H32Cl3N3O4S. The molecule has 0 aliphatic heterocycles. The first-order valence-electron chi connectivity index (χ1n) is 12.7. The lowest BCUT2D eigenvalue weighted by Crippen LogP contribution is -2.52. The molecule has 2 unspecified atom stereocenters. The molecular weight excluding hydrogens is 593 g/mol. The van der Waals surface area contributed by atoms with Gasteiger partial charge < -0.3 is 10.2 Å². The number of nitrogens with one attached hydrogen (secondary N) is 1. The maximum absolute atomic E-state index is 14.0. The molecule has 0 fully saturated rings. The minimum Gasteiger partial charge on any atom is -0.352 e. The van der Waals surface area contributed by atoms with Crippen molar-refractivity contribution < 1.29 is 18.0 Å². The second-order valence-corrected chi connectivity index (χ2v) is 12.6. The third-order valence-corrected chi connectivity index (χ3v) is 9.41. The number of sulfonamides is 1. The van der Waals surface area contributed by atoms with Gasteiger partial charge in [0.15, 0.2) is 0 Å². The quantitative estimate of drug-likeness (QED) is 0.265. The zero-order chi connectivity index (χ0) is 29.6. The van der Waals surface area contributed by atoms with E-state index in [0.29, 0.717) is 32.6 Å². The van der Waals surface area contributed by atoms with E-state index in [1.54, 1.807) is 68.4 Å². The van der Waals surface area contributed by atoms with Gasteiger partial charge in [-0.15, -0.1) is 0 Å². The fraction of sp³-hybridized carbons (Fsp3) is 0.310. The smallest absolute Gasteiger partial charge is 0.264 e. The second-order valence-electron chi connectivity index (χ2n) is 9.46. The highest BCUT2D eigenvalue weighted by molar-refractivity contribution is 7.92. The lowest BCUT2D eigenvalue weighted by molar-refractivity contribution is -0.139. The van der Waals surface area contributed by atoms with Gasteiger partial charge in [-0.25, -0.2) is 8.42 Å². The van der Waals surface area contributed by atoms with Crippen LogP contribution in [0.3, 0.4) is 0 Å². The largest absolute Gasteiger partial charge is 0.352 e. The van der Waals surface area contributed by atoms with E-state index in [2.05, 4.69) is 5.32 Å². The van der Waals surface area contributed by atoms with Crippen molar-refractivity contribution in [3.05, 3.63) is 92.9 Å². The number of rotatable bonds is 11. The van der Waals surface area contributed by atoms with Crippen LogP contribution in [0.4, 0.5) is 5.69 Å². The van der Waals surface area contributed by atoms with Crippen molar-refractivity contribution in [2.45, 2.75) is 57.6 Å². The van der Waals surface area contributed by atoms with Gasteiger partial charge in [0.25, 0.3) is 10.0 Å². The van der Waals surface area contributed by atoms with Crippen LogP contribution in [0.5, 0.6) is 0 Å². The van der Waals surface area contributed by atoms with Crippen LogP contribution >= 0.6 is 34.8 Å². The van der Waals surface area contributed by atoms with Crippen LogP contribution in [0, 0.1) is 6.92 Å². The Balaban J connectivity index is 2.08. The predicted molar refractivity (Wildman–Crippen MR) is 162 cm³/mol. The number of nitrogens with zero attached hydrogens (tertiary/aromatic N) is 2. The van der Waals surface area contributed by atoms with Gasteiger partial charge >= 0.3 is 0 Å². The Morgan fingerprint density at radius 1 is 0.925 bits per heavy atom. The summed E-state index contributed by atoms with van der Waals surface area (Å²) < 4.78 is 28.8. The molecule has 7 nitrogen and oxygen atoms in total. The number of carbonyl (C=O) groups is 2. The zero-order valence-corrected chi connectivity index (χ0v) is 25.8. The van der Waals surface area contributed by atoms with Gasteiger partial charge in [-0.3, -0.25) is 13.9 Å². The Bertz CT molecular complexity index is 1470. The lowest BCUT2D eigenvalue weighted by atomic mass is 10.1. The van der Waals surface area contributed by atoms with Crippen LogP contribution in [-0.2, 0) is 26.2 Å². The van der Waals surface area contributed by atoms with Gasteiger partial charge in [0.1, 0.15) is 12.6 Å². The third-order valence-electron chi connectivity index (χ3n) is 6.64. The van der Waals surface area contributed by atoms with E-state index in [1.807, 2.05) is 13.8 Å².